The molecule has 0 amide bonds. The molecule has 0 atom stereocenters. The molecule has 0 rings (SSSR count). The van der Waals surface area contributed by atoms with E-state index in [1.54, 1.807) is 0 Å². The fourth-order valence-electron chi connectivity index (χ4n) is 0.238. The molecule has 0 unspecified atom stereocenters. The van der Waals surface area contributed by atoms with E-state index in [-0.39, 0.29) is 6.61 Å². The summed E-state index contributed by atoms with van der Waals surface area (Å²) in [5.74, 6) is 4.64. The molecule has 4 nitrogen and oxygen atoms in total. The minimum atomic E-state index is 0.114. The molecule has 0 aromatic heterocycles. The second kappa shape index (κ2) is 6.55. The number of rotatable bonds is 5. The first kappa shape index (κ1) is 7.55. The van der Waals surface area contributed by atoms with Crippen molar-refractivity contribution in [2.24, 2.45) is 5.90 Å². The Bertz CT molecular complexity index is 57.2. The fourth-order valence-corrected chi connectivity index (χ4v) is 0.238. The van der Waals surface area contributed by atoms with Crippen LogP contribution in [0, 0.1) is 0 Å². The number of nitrogens with two attached hydrogens (primary N) is 1. The van der Waals surface area contributed by atoms with Crippen LogP contribution in [0.25, 0.3) is 0 Å². The third kappa shape index (κ3) is 5.55. The smallest absolute Gasteiger partial charge is 0.145 e. The van der Waals surface area contributed by atoms with E-state index >= 15 is 0 Å². The molecular weight excluding hydrogens is 110 g/mol. The number of ether oxygens (including phenoxy) is 1. The van der Waals surface area contributed by atoms with Crippen molar-refractivity contribution in [1.82, 2.24) is 0 Å². The van der Waals surface area contributed by atoms with Gasteiger partial charge in [-0.2, -0.15) is 0 Å². The van der Waals surface area contributed by atoms with E-state index < -0.39 is 0 Å². The monoisotopic (exact) mass is 119 g/mol. The maximum Gasteiger partial charge on any atom is 0.145 e. The predicted molar refractivity (Wildman–Crippen MR) is 27.0 cm³/mol. The van der Waals surface area contributed by atoms with E-state index in [0.717, 1.165) is 0 Å². The van der Waals surface area contributed by atoms with Gasteiger partial charge in [0.2, 0.25) is 0 Å². The van der Waals surface area contributed by atoms with Crippen LogP contribution in [0.5, 0.6) is 0 Å². The van der Waals surface area contributed by atoms with E-state index in [1.807, 2.05) is 0 Å². The molecule has 0 fully saturated rings. The molecule has 0 aromatic rings. The maximum atomic E-state index is 9.57. The quantitative estimate of drug-likeness (QED) is 0.289. The standard InChI is InChI=1S/C4H9NO3/c5-8-4-3-7-2-1-6/h1H,2-5H2. The van der Waals surface area contributed by atoms with Crippen molar-refractivity contribution in [3.05, 3.63) is 0 Å². The summed E-state index contributed by atoms with van der Waals surface area (Å²) in [4.78, 5) is 13.7. The third-order valence-corrected chi connectivity index (χ3v) is 0.531. The van der Waals surface area contributed by atoms with Crippen LogP contribution in [-0.2, 0) is 14.4 Å². The van der Waals surface area contributed by atoms with Crippen LogP contribution >= 0.6 is 0 Å². The van der Waals surface area contributed by atoms with Crippen molar-refractivity contribution in [3.63, 3.8) is 0 Å². The van der Waals surface area contributed by atoms with Crippen molar-refractivity contribution < 1.29 is 14.4 Å². The molecular formula is C4H9NO3. The van der Waals surface area contributed by atoms with Crippen molar-refractivity contribution in [1.29, 1.82) is 0 Å². The van der Waals surface area contributed by atoms with E-state index in [9.17, 15) is 4.79 Å². The van der Waals surface area contributed by atoms with Gasteiger partial charge >= 0.3 is 0 Å². The van der Waals surface area contributed by atoms with Gasteiger partial charge in [-0.25, -0.2) is 5.90 Å². The van der Waals surface area contributed by atoms with Gasteiger partial charge in [0, 0.05) is 0 Å². The summed E-state index contributed by atoms with van der Waals surface area (Å²) in [5, 5.41) is 0. The van der Waals surface area contributed by atoms with Crippen molar-refractivity contribution >= 4 is 6.29 Å². The first-order chi connectivity index (χ1) is 3.91. The van der Waals surface area contributed by atoms with Crippen LogP contribution in [0.15, 0.2) is 0 Å². The molecule has 0 spiro atoms. The first-order valence-corrected chi connectivity index (χ1v) is 2.25. The second-order valence-corrected chi connectivity index (χ2v) is 1.11. The van der Waals surface area contributed by atoms with Gasteiger partial charge in [0.15, 0.2) is 0 Å². The van der Waals surface area contributed by atoms with Crippen LogP contribution < -0.4 is 5.90 Å². The summed E-state index contributed by atoms with van der Waals surface area (Å²) in [6.45, 7) is 0.812. The predicted octanol–water partition coefficient (Wildman–Crippen LogP) is -0.908. The minimum absolute atomic E-state index is 0.114. The lowest BCUT2D eigenvalue weighted by Crippen LogP contribution is -2.08. The van der Waals surface area contributed by atoms with E-state index in [2.05, 4.69) is 15.5 Å². The summed E-state index contributed by atoms with van der Waals surface area (Å²) in [6, 6.07) is 0. The highest BCUT2D eigenvalue weighted by atomic mass is 16.6. The molecule has 0 heterocycles. The Balaban J connectivity index is 2.62. The number of carbonyl (C=O) groups is 1. The van der Waals surface area contributed by atoms with E-state index in [1.165, 1.54) is 0 Å². The van der Waals surface area contributed by atoms with Crippen LogP contribution in [0.2, 0.25) is 0 Å². The van der Waals surface area contributed by atoms with Crippen molar-refractivity contribution in [2.45, 2.75) is 0 Å². The topological polar surface area (TPSA) is 61.6 Å². The van der Waals surface area contributed by atoms with Gasteiger partial charge in [-0.3, -0.25) is 0 Å². The molecule has 8 heavy (non-hydrogen) atoms. The molecule has 0 aliphatic heterocycles. The van der Waals surface area contributed by atoms with Gasteiger partial charge in [0.1, 0.15) is 12.9 Å². The summed E-state index contributed by atoms with van der Waals surface area (Å²) >= 11 is 0. The highest BCUT2D eigenvalue weighted by Gasteiger charge is 1.82. The zero-order valence-corrected chi connectivity index (χ0v) is 4.50. The Morgan fingerprint density at radius 3 is 2.75 bits per heavy atom. The van der Waals surface area contributed by atoms with Crippen molar-refractivity contribution in [3.8, 4) is 0 Å². The molecule has 0 aliphatic rings. The molecule has 0 aliphatic carbocycles. The zero-order chi connectivity index (χ0) is 6.24. The van der Waals surface area contributed by atoms with Gasteiger partial charge in [-0.15, -0.1) is 0 Å². The lowest BCUT2D eigenvalue weighted by Gasteiger charge is -1.94. The minimum Gasteiger partial charge on any atom is -0.372 e. The van der Waals surface area contributed by atoms with Crippen LogP contribution in [0.3, 0.4) is 0 Å². The van der Waals surface area contributed by atoms with Gasteiger partial charge < -0.3 is 14.4 Å². The lowest BCUT2D eigenvalue weighted by molar-refractivity contribution is -0.112. The Hall–Kier alpha value is -0.450. The molecule has 0 radical (unpaired) electrons. The Labute approximate surface area is 47.5 Å². The fraction of sp³-hybridized carbons (Fsp3) is 0.750. The normalized spacial score (nSPS) is 9.12. The summed E-state index contributed by atoms with van der Waals surface area (Å²) in [5.41, 5.74) is 0. The lowest BCUT2D eigenvalue weighted by atomic mass is 10.7. The van der Waals surface area contributed by atoms with Crippen LogP contribution in [-0.4, -0.2) is 26.1 Å². The zero-order valence-electron chi connectivity index (χ0n) is 4.50. The number of hydrogen-bond acceptors (Lipinski definition) is 4. The van der Waals surface area contributed by atoms with Crippen molar-refractivity contribution in [2.75, 3.05) is 19.8 Å². The van der Waals surface area contributed by atoms with Crippen LogP contribution in [0.1, 0.15) is 0 Å². The summed E-state index contributed by atoms with van der Waals surface area (Å²) in [7, 11) is 0. The second-order valence-electron chi connectivity index (χ2n) is 1.11. The van der Waals surface area contributed by atoms with Gasteiger partial charge in [-0.05, 0) is 0 Å². The third-order valence-electron chi connectivity index (χ3n) is 0.531. The van der Waals surface area contributed by atoms with Gasteiger partial charge in [0.25, 0.3) is 0 Å². The highest BCUT2D eigenvalue weighted by molar-refractivity contribution is 5.50. The average Bonchev–Trinajstić information content (AvgIpc) is 1.81. The maximum absolute atomic E-state index is 9.57. The molecule has 0 aromatic carbocycles. The van der Waals surface area contributed by atoms with E-state index in [0.29, 0.717) is 19.5 Å². The molecule has 0 saturated carbocycles. The molecule has 48 valence electrons. The average molecular weight is 119 g/mol. The Morgan fingerprint density at radius 2 is 2.25 bits per heavy atom. The highest BCUT2D eigenvalue weighted by Crippen LogP contribution is 1.69. The number of aldehydes is 1. The van der Waals surface area contributed by atoms with Gasteiger partial charge in [0.05, 0.1) is 13.2 Å². The summed E-state index contributed by atoms with van der Waals surface area (Å²) < 4.78 is 4.65. The Kier molecular flexibility index (Phi) is 6.18. The largest absolute Gasteiger partial charge is 0.372 e. The number of hydrogen-bond donors (Lipinski definition) is 1. The van der Waals surface area contributed by atoms with E-state index in [4.69, 9.17) is 0 Å². The SMILES string of the molecule is NOCCOCC=O. The van der Waals surface area contributed by atoms with Gasteiger partial charge in [-0.1, -0.05) is 0 Å². The number of carbonyl (C=O) groups excluding carboxylic acids is 1. The summed E-state index contributed by atoms with van der Waals surface area (Å²) in [6.07, 6.45) is 0.677. The molecule has 0 bridgehead atoms. The Morgan fingerprint density at radius 1 is 1.50 bits per heavy atom. The van der Waals surface area contributed by atoms with Crippen LogP contribution in [0.4, 0.5) is 0 Å². The first-order valence-electron chi connectivity index (χ1n) is 2.25. The molecule has 2 N–H and O–H groups in total. The molecule has 0 saturated heterocycles. The molecule has 4 heteroatoms.